The van der Waals surface area contributed by atoms with Crippen LogP contribution in [-0.2, 0) is 13.0 Å². The molecule has 1 aromatic heterocycles. The molecule has 0 fully saturated rings. The first-order valence-electron chi connectivity index (χ1n) is 4.63. The molecule has 6 heteroatoms. The van der Waals surface area contributed by atoms with Gasteiger partial charge in [-0.1, -0.05) is 0 Å². The summed E-state index contributed by atoms with van der Waals surface area (Å²) in [6, 6.07) is 0. The summed E-state index contributed by atoms with van der Waals surface area (Å²) in [5.41, 5.74) is 0.896. The van der Waals surface area contributed by atoms with E-state index in [9.17, 15) is 13.6 Å². The van der Waals surface area contributed by atoms with Gasteiger partial charge in [0.15, 0.2) is 11.3 Å². The third-order valence-corrected chi connectivity index (χ3v) is 3.33. The third-order valence-electron chi connectivity index (χ3n) is 2.32. The summed E-state index contributed by atoms with van der Waals surface area (Å²) in [4.78, 5) is 17.3. The fraction of sp³-hybridized carbons (Fsp3) is 0.556. The quantitative estimate of drug-likeness (QED) is 0.742. The summed E-state index contributed by atoms with van der Waals surface area (Å²) in [5, 5.41) is 0.443. The van der Waals surface area contributed by atoms with Crippen molar-refractivity contribution >= 4 is 17.6 Å². The Morgan fingerprint density at radius 2 is 2.40 bits per heavy atom. The average molecular weight is 232 g/mol. The van der Waals surface area contributed by atoms with Gasteiger partial charge < -0.3 is 0 Å². The van der Waals surface area contributed by atoms with E-state index in [1.807, 2.05) is 0 Å². The maximum atomic E-state index is 12.2. The molecule has 1 aliphatic heterocycles. The van der Waals surface area contributed by atoms with E-state index in [-0.39, 0.29) is 6.54 Å². The van der Waals surface area contributed by atoms with Crippen LogP contribution in [0.5, 0.6) is 0 Å². The number of carbonyl (C=O) groups is 1. The fourth-order valence-electron chi connectivity index (χ4n) is 1.67. The molecule has 0 aliphatic carbocycles. The molecule has 0 atom stereocenters. The highest BCUT2D eigenvalue weighted by Gasteiger charge is 2.22. The lowest BCUT2D eigenvalue weighted by molar-refractivity contribution is 0.0824. The minimum absolute atomic E-state index is 0.201. The number of fused-ring (bicyclic) bond motifs is 1. The second-order valence-corrected chi connectivity index (χ2v) is 4.53. The normalized spacial score (nSPS) is 16.7. The molecule has 0 spiro atoms. The molecule has 0 bridgehead atoms. The van der Waals surface area contributed by atoms with Crippen molar-refractivity contribution in [1.82, 2.24) is 9.88 Å². The van der Waals surface area contributed by atoms with Gasteiger partial charge in [-0.3, -0.25) is 9.69 Å². The number of hydrogen-bond acceptors (Lipinski definition) is 4. The molecule has 2 rings (SSSR count). The highest BCUT2D eigenvalue weighted by molar-refractivity contribution is 7.13. The van der Waals surface area contributed by atoms with E-state index in [1.165, 1.54) is 11.3 Å². The zero-order valence-corrected chi connectivity index (χ0v) is 8.77. The molecule has 1 aliphatic rings. The van der Waals surface area contributed by atoms with Gasteiger partial charge in [-0.25, -0.2) is 13.8 Å². The number of halogens is 2. The van der Waals surface area contributed by atoms with Gasteiger partial charge in [0.25, 0.3) is 6.43 Å². The number of carbonyl (C=O) groups excluding carboxylic acids is 1. The first kappa shape index (κ1) is 10.6. The Morgan fingerprint density at radius 1 is 1.60 bits per heavy atom. The van der Waals surface area contributed by atoms with Crippen molar-refractivity contribution in [1.29, 1.82) is 0 Å². The van der Waals surface area contributed by atoms with Crippen LogP contribution in [0.25, 0.3) is 0 Å². The van der Waals surface area contributed by atoms with E-state index >= 15 is 0 Å². The van der Waals surface area contributed by atoms with Crippen LogP contribution in [0.3, 0.4) is 0 Å². The van der Waals surface area contributed by atoms with Gasteiger partial charge in [0, 0.05) is 24.4 Å². The number of thiazole rings is 1. The molecular formula is C9H10F2N2OS. The Bertz CT molecular complexity index is 367. The maximum Gasteiger partial charge on any atom is 0.251 e. The Labute approximate surface area is 89.7 Å². The predicted octanol–water partition coefficient (Wildman–Crippen LogP) is 1.58. The van der Waals surface area contributed by atoms with E-state index in [1.54, 1.807) is 4.90 Å². The van der Waals surface area contributed by atoms with Crippen LogP contribution in [-0.4, -0.2) is 35.7 Å². The van der Waals surface area contributed by atoms with Gasteiger partial charge >= 0.3 is 0 Å². The van der Waals surface area contributed by atoms with Crippen LogP contribution in [0.4, 0.5) is 8.78 Å². The van der Waals surface area contributed by atoms with Crippen molar-refractivity contribution < 1.29 is 13.6 Å². The van der Waals surface area contributed by atoms with Crippen LogP contribution < -0.4 is 0 Å². The molecule has 0 unspecified atom stereocenters. The second-order valence-electron chi connectivity index (χ2n) is 3.42. The van der Waals surface area contributed by atoms with Gasteiger partial charge in [-0.2, -0.15) is 0 Å². The number of rotatable bonds is 3. The lowest BCUT2D eigenvalue weighted by Crippen LogP contribution is -2.33. The Balaban J connectivity index is 2.08. The minimum atomic E-state index is -2.30. The number of hydrogen-bond donors (Lipinski definition) is 0. The van der Waals surface area contributed by atoms with E-state index in [0.29, 0.717) is 30.8 Å². The summed E-state index contributed by atoms with van der Waals surface area (Å²) >= 11 is 1.30. The number of aromatic nitrogens is 1. The van der Waals surface area contributed by atoms with Crippen LogP contribution >= 0.6 is 11.3 Å². The molecule has 82 valence electrons. The minimum Gasteiger partial charge on any atom is -0.295 e. The summed E-state index contributed by atoms with van der Waals surface area (Å²) in [6.07, 6.45) is -0.933. The van der Waals surface area contributed by atoms with Crippen molar-refractivity contribution in [2.24, 2.45) is 0 Å². The first-order valence-corrected chi connectivity index (χ1v) is 5.45. The SMILES string of the molecule is O=Cc1nc2c(s1)CN(CC(F)F)CC2. The van der Waals surface area contributed by atoms with Crippen LogP contribution in [0.1, 0.15) is 20.4 Å². The Morgan fingerprint density at radius 3 is 3.07 bits per heavy atom. The molecule has 0 saturated heterocycles. The highest BCUT2D eigenvalue weighted by Crippen LogP contribution is 2.24. The fourth-order valence-corrected chi connectivity index (χ4v) is 2.64. The van der Waals surface area contributed by atoms with Gasteiger partial charge in [0.2, 0.25) is 0 Å². The third kappa shape index (κ3) is 2.38. The zero-order chi connectivity index (χ0) is 10.8. The van der Waals surface area contributed by atoms with Crippen LogP contribution in [0.2, 0.25) is 0 Å². The van der Waals surface area contributed by atoms with Crippen LogP contribution in [0, 0.1) is 0 Å². The molecule has 0 aromatic carbocycles. The number of nitrogens with zero attached hydrogens (tertiary/aromatic N) is 2. The van der Waals surface area contributed by atoms with E-state index in [2.05, 4.69) is 4.98 Å². The standard InChI is InChI=1S/C9H10F2N2OS/c10-8(11)4-13-2-1-6-7(3-13)15-9(5-14)12-6/h5,8H,1-4H2. The topological polar surface area (TPSA) is 33.2 Å². The maximum absolute atomic E-state index is 12.2. The molecule has 0 saturated carbocycles. The summed E-state index contributed by atoms with van der Waals surface area (Å²) < 4.78 is 24.3. The molecule has 0 N–H and O–H groups in total. The number of alkyl halides is 2. The van der Waals surface area contributed by atoms with Crippen molar-refractivity contribution in [2.75, 3.05) is 13.1 Å². The lowest BCUT2D eigenvalue weighted by Gasteiger charge is -2.25. The van der Waals surface area contributed by atoms with Gasteiger partial charge in [0.1, 0.15) is 0 Å². The largest absolute Gasteiger partial charge is 0.295 e. The highest BCUT2D eigenvalue weighted by atomic mass is 32.1. The second kappa shape index (κ2) is 4.32. The van der Waals surface area contributed by atoms with Crippen molar-refractivity contribution in [2.45, 2.75) is 19.4 Å². The summed E-state index contributed by atoms with van der Waals surface area (Å²) in [6.45, 7) is 0.887. The van der Waals surface area contributed by atoms with Crippen molar-refractivity contribution in [3.63, 3.8) is 0 Å². The average Bonchev–Trinajstić information content (AvgIpc) is 2.58. The van der Waals surface area contributed by atoms with Crippen molar-refractivity contribution in [3.8, 4) is 0 Å². The Kier molecular flexibility index (Phi) is 3.06. The molecule has 1 aromatic rings. The zero-order valence-electron chi connectivity index (χ0n) is 7.95. The predicted molar refractivity (Wildman–Crippen MR) is 52.5 cm³/mol. The lowest BCUT2D eigenvalue weighted by atomic mass is 10.2. The van der Waals surface area contributed by atoms with Crippen molar-refractivity contribution in [3.05, 3.63) is 15.6 Å². The van der Waals surface area contributed by atoms with Gasteiger partial charge in [-0.15, -0.1) is 11.3 Å². The molecule has 3 nitrogen and oxygen atoms in total. The first-order chi connectivity index (χ1) is 7.19. The smallest absolute Gasteiger partial charge is 0.251 e. The Hall–Kier alpha value is -0.880. The molecular weight excluding hydrogens is 222 g/mol. The molecule has 0 amide bonds. The monoisotopic (exact) mass is 232 g/mol. The van der Waals surface area contributed by atoms with Gasteiger partial charge in [0.05, 0.1) is 12.2 Å². The number of aldehydes is 1. The van der Waals surface area contributed by atoms with E-state index in [0.717, 1.165) is 10.6 Å². The van der Waals surface area contributed by atoms with E-state index < -0.39 is 6.43 Å². The van der Waals surface area contributed by atoms with Gasteiger partial charge in [-0.05, 0) is 0 Å². The van der Waals surface area contributed by atoms with E-state index in [4.69, 9.17) is 0 Å². The summed E-state index contributed by atoms with van der Waals surface area (Å²) in [7, 11) is 0. The molecule has 15 heavy (non-hydrogen) atoms. The summed E-state index contributed by atoms with van der Waals surface area (Å²) in [5.74, 6) is 0. The molecule has 0 radical (unpaired) electrons. The van der Waals surface area contributed by atoms with Crippen LogP contribution in [0.15, 0.2) is 0 Å². The molecule has 2 heterocycles.